The molecule has 0 saturated heterocycles. The van der Waals surface area contributed by atoms with Gasteiger partial charge in [-0.1, -0.05) is 11.8 Å². The number of carbonyl (C=O) groups is 1. The summed E-state index contributed by atoms with van der Waals surface area (Å²) in [6.45, 7) is 3.63. The number of hydrogen-bond acceptors (Lipinski definition) is 3. The predicted molar refractivity (Wildman–Crippen MR) is 82.1 cm³/mol. The van der Waals surface area contributed by atoms with Crippen LogP contribution in [0.2, 0.25) is 0 Å². The molecule has 2 aromatic rings. The molecule has 2 N–H and O–H groups in total. The quantitative estimate of drug-likeness (QED) is 0.830. The number of hydrogen-bond donors (Lipinski definition) is 2. The fourth-order valence-corrected chi connectivity index (χ4v) is 1.92. The van der Waals surface area contributed by atoms with E-state index in [9.17, 15) is 4.79 Å². The van der Waals surface area contributed by atoms with Crippen molar-refractivity contribution in [3.63, 3.8) is 0 Å². The van der Waals surface area contributed by atoms with Crippen molar-refractivity contribution < 1.29 is 9.90 Å². The molecule has 0 bridgehead atoms. The molecule has 4 heteroatoms. The van der Waals surface area contributed by atoms with Crippen molar-refractivity contribution in [1.29, 1.82) is 0 Å². The average molecular weight is 280 g/mol. The fraction of sp³-hybridized carbons (Fsp3) is 0.176. The lowest BCUT2D eigenvalue weighted by molar-refractivity contribution is 0.102. The van der Waals surface area contributed by atoms with E-state index in [0.717, 1.165) is 11.1 Å². The summed E-state index contributed by atoms with van der Waals surface area (Å²) in [6.07, 6.45) is 1.65. The molecule has 106 valence electrons. The number of pyridine rings is 1. The Balaban J connectivity index is 2.24. The van der Waals surface area contributed by atoms with Crippen LogP contribution in [0.25, 0.3) is 0 Å². The minimum Gasteiger partial charge on any atom is -0.384 e. The summed E-state index contributed by atoms with van der Waals surface area (Å²) in [5, 5.41) is 11.5. The van der Waals surface area contributed by atoms with Gasteiger partial charge in [0.1, 0.15) is 12.4 Å². The fourth-order valence-electron chi connectivity index (χ4n) is 1.92. The van der Waals surface area contributed by atoms with Crippen LogP contribution in [0.3, 0.4) is 0 Å². The zero-order valence-electron chi connectivity index (χ0n) is 12.0. The molecule has 0 unspecified atom stereocenters. The first-order chi connectivity index (χ1) is 10.1. The van der Waals surface area contributed by atoms with Crippen LogP contribution in [0.5, 0.6) is 0 Å². The van der Waals surface area contributed by atoms with E-state index >= 15 is 0 Å². The highest BCUT2D eigenvalue weighted by Gasteiger charge is 2.08. The molecule has 0 spiro atoms. The Morgan fingerprint density at radius 3 is 2.76 bits per heavy atom. The molecule has 1 heterocycles. The summed E-state index contributed by atoms with van der Waals surface area (Å²) in [7, 11) is 0. The molecule has 2 rings (SSSR count). The number of nitrogens with one attached hydrogen (secondary N) is 1. The van der Waals surface area contributed by atoms with E-state index in [0.29, 0.717) is 16.9 Å². The van der Waals surface area contributed by atoms with Crippen molar-refractivity contribution >= 4 is 11.7 Å². The van der Waals surface area contributed by atoms with Crippen molar-refractivity contribution in [2.24, 2.45) is 0 Å². The maximum absolute atomic E-state index is 12.3. The number of nitrogens with zero attached hydrogens (tertiary/aromatic N) is 1. The molecule has 1 aromatic heterocycles. The molecule has 1 aromatic carbocycles. The zero-order chi connectivity index (χ0) is 15.2. The van der Waals surface area contributed by atoms with Gasteiger partial charge in [-0.3, -0.25) is 4.79 Å². The number of benzene rings is 1. The number of rotatable bonds is 2. The van der Waals surface area contributed by atoms with Crippen LogP contribution in [0, 0.1) is 25.7 Å². The summed E-state index contributed by atoms with van der Waals surface area (Å²) in [5.74, 6) is 5.67. The van der Waals surface area contributed by atoms with Crippen LogP contribution >= 0.6 is 0 Å². The lowest BCUT2D eigenvalue weighted by Gasteiger charge is -2.06. The van der Waals surface area contributed by atoms with Gasteiger partial charge in [-0.2, -0.15) is 0 Å². The molecule has 4 nitrogen and oxygen atoms in total. The Hall–Kier alpha value is -2.64. The molecular formula is C17H16N2O2. The van der Waals surface area contributed by atoms with Crippen LogP contribution in [-0.4, -0.2) is 22.6 Å². The molecule has 21 heavy (non-hydrogen) atoms. The minimum absolute atomic E-state index is 0.206. The maximum atomic E-state index is 12.3. The third kappa shape index (κ3) is 4.16. The third-order valence-corrected chi connectivity index (χ3v) is 2.81. The first kappa shape index (κ1) is 14.8. The second-order valence-electron chi connectivity index (χ2n) is 4.72. The lowest BCUT2D eigenvalue weighted by atomic mass is 10.1. The number of aliphatic hydroxyl groups excluding tert-OH is 1. The Morgan fingerprint density at radius 1 is 1.24 bits per heavy atom. The summed E-state index contributed by atoms with van der Waals surface area (Å²) < 4.78 is 0. The number of aromatic nitrogens is 1. The molecule has 1 amide bonds. The van der Waals surface area contributed by atoms with Crippen LogP contribution in [-0.2, 0) is 0 Å². The molecule has 0 aliphatic rings. The summed E-state index contributed by atoms with van der Waals surface area (Å²) >= 11 is 0. The first-order valence-corrected chi connectivity index (χ1v) is 6.54. The highest BCUT2D eigenvalue weighted by molar-refractivity contribution is 6.04. The molecule has 0 radical (unpaired) electrons. The Morgan fingerprint density at radius 2 is 2.05 bits per heavy atom. The van der Waals surface area contributed by atoms with E-state index in [-0.39, 0.29) is 12.5 Å². The van der Waals surface area contributed by atoms with Crippen LogP contribution in [0.15, 0.2) is 36.5 Å². The Labute approximate surface area is 123 Å². The van der Waals surface area contributed by atoms with Gasteiger partial charge in [-0.15, -0.1) is 0 Å². The lowest BCUT2D eigenvalue weighted by Crippen LogP contribution is -2.13. The summed E-state index contributed by atoms with van der Waals surface area (Å²) in [4.78, 5) is 16.4. The van der Waals surface area contributed by atoms with Gasteiger partial charge < -0.3 is 10.4 Å². The van der Waals surface area contributed by atoms with Gasteiger partial charge in [0, 0.05) is 17.3 Å². The number of anilines is 1. The second-order valence-corrected chi connectivity index (χ2v) is 4.72. The van der Waals surface area contributed by atoms with Gasteiger partial charge in [0.25, 0.3) is 5.91 Å². The number of aliphatic hydroxyl groups is 1. The first-order valence-electron chi connectivity index (χ1n) is 6.54. The normalized spacial score (nSPS) is 9.67. The Bertz CT molecular complexity index is 727. The van der Waals surface area contributed by atoms with E-state index in [2.05, 4.69) is 22.1 Å². The molecule has 0 aliphatic carbocycles. The molecular weight excluding hydrogens is 264 g/mol. The maximum Gasteiger partial charge on any atom is 0.256 e. The van der Waals surface area contributed by atoms with Crippen molar-refractivity contribution in [3.8, 4) is 11.8 Å². The van der Waals surface area contributed by atoms with Crippen LogP contribution in [0.4, 0.5) is 5.82 Å². The van der Waals surface area contributed by atoms with E-state index in [1.165, 1.54) is 0 Å². The van der Waals surface area contributed by atoms with Crippen molar-refractivity contribution in [3.05, 3.63) is 58.8 Å². The van der Waals surface area contributed by atoms with Gasteiger partial charge >= 0.3 is 0 Å². The van der Waals surface area contributed by atoms with E-state index in [1.54, 1.807) is 24.4 Å². The van der Waals surface area contributed by atoms with Crippen molar-refractivity contribution in [1.82, 2.24) is 4.98 Å². The molecule has 0 fully saturated rings. The smallest absolute Gasteiger partial charge is 0.256 e. The zero-order valence-corrected chi connectivity index (χ0v) is 12.0. The second kappa shape index (κ2) is 6.69. The van der Waals surface area contributed by atoms with Crippen LogP contribution < -0.4 is 5.32 Å². The van der Waals surface area contributed by atoms with E-state index in [1.807, 2.05) is 26.0 Å². The highest BCUT2D eigenvalue weighted by atomic mass is 16.2. The standard InChI is InChI=1S/C17H16N2O2/c1-12-5-6-18-16(10-12)19-17(21)15-9-13(2)8-14(11-15)4-3-7-20/h5-6,8-11,20H,7H2,1-2H3,(H,18,19,21). The highest BCUT2D eigenvalue weighted by Crippen LogP contribution is 2.12. The monoisotopic (exact) mass is 280 g/mol. The van der Waals surface area contributed by atoms with Crippen molar-refractivity contribution in [2.75, 3.05) is 11.9 Å². The molecule has 0 saturated carbocycles. The Kier molecular flexibility index (Phi) is 4.70. The minimum atomic E-state index is -0.233. The van der Waals surface area contributed by atoms with Gasteiger partial charge in [0.2, 0.25) is 0 Å². The van der Waals surface area contributed by atoms with E-state index < -0.39 is 0 Å². The molecule has 0 aliphatic heterocycles. The summed E-state index contributed by atoms with van der Waals surface area (Å²) in [5.41, 5.74) is 3.17. The predicted octanol–water partition coefficient (Wildman–Crippen LogP) is 2.29. The van der Waals surface area contributed by atoms with Crippen LogP contribution in [0.1, 0.15) is 27.0 Å². The topological polar surface area (TPSA) is 62.2 Å². The third-order valence-electron chi connectivity index (χ3n) is 2.81. The molecule has 0 atom stereocenters. The van der Waals surface area contributed by atoms with Crippen molar-refractivity contribution in [2.45, 2.75) is 13.8 Å². The number of aryl methyl sites for hydroxylation is 2. The number of amides is 1. The van der Waals surface area contributed by atoms with Gasteiger partial charge in [0.15, 0.2) is 0 Å². The largest absolute Gasteiger partial charge is 0.384 e. The van der Waals surface area contributed by atoms with Gasteiger partial charge in [0.05, 0.1) is 0 Å². The van der Waals surface area contributed by atoms with Gasteiger partial charge in [-0.25, -0.2) is 4.98 Å². The van der Waals surface area contributed by atoms with E-state index in [4.69, 9.17) is 5.11 Å². The van der Waals surface area contributed by atoms with Gasteiger partial charge in [-0.05, 0) is 55.3 Å². The summed E-state index contributed by atoms with van der Waals surface area (Å²) in [6, 6.07) is 9.02. The number of carbonyl (C=O) groups excluding carboxylic acids is 1. The average Bonchev–Trinajstić information content (AvgIpc) is 2.44. The SMILES string of the molecule is Cc1cc(C#CCO)cc(C(=O)Nc2cc(C)ccn2)c1.